The van der Waals surface area contributed by atoms with Crippen LogP contribution >= 0.6 is 0 Å². The lowest BCUT2D eigenvalue weighted by Crippen LogP contribution is -2.45. The standard InChI is InChI=1S/C12H21N3O2/c1-12(2,16)9-15-4-5-17-11(8-15)10-6-13-14(3)7-10/h6-7,11,16H,4-5,8-9H2,1-3H3. The largest absolute Gasteiger partial charge is 0.389 e. The highest BCUT2D eigenvalue weighted by molar-refractivity contribution is 5.09. The summed E-state index contributed by atoms with van der Waals surface area (Å²) in [5.74, 6) is 0. The van der Waals surface area contributed by atoms with Crippen LogP contribution in [-0.4, -0.2) is 51.6 Å². The van der Waals surface area contributed by atoms with E-state index in [9.17, 15) is 5.11 Å². The van der Waals surface area contributed by atoms with Crippen LogP contribution in [0.25, 0.3) is 0 Å². The maximum absolute atomic E-state index is 9.83. The van der Waals surface area contributed by atoms with E-state index < -0.39 is 5.60 Å². The molecule has 17 heavy (non-hydrogen) atoms. The summed E-state index contributed by atoms with van der Waals surface area (Å²) in [6.45, 7) is 6.74. The van der Waals surface area contributed by atoms with Crippen molar-refractivity contribution < 1.29 is 9.84 Å². The fourth-order valence-electron chi connectivity index (χ4n) is 2.20. The van der Waals surface area contributed by atoms with Gasteiger partial charge in [-0.3, -0.25) is 9.58 Å². The summed E-state index contributed by atoms with van der Waals surface area (Å²) in [4.78, 5) is 2.24. The van der Waals surface area contributed by atoms with Crippen molar-refractivity contribution in [1.29, 1.82) is 0 Å². The summed E-state index contributed by atoms with van der Waals surface area (Å²) in [7, 11) is 1.90. The number of hydrogen-bond donors (Lipinski definition) is 1. The van der Waals surface area contributed by atoms with E-state index in [0.717, 1.165) is 18.7 Å². The molecule has 1 N–H and O–H groups in total. The number of morpholine rings is 1. The molecular weight excluding hydrogens is 218 g/mol. The Hall–Kier alpha value is -0.910. The molecule has 1 aromatic heterocycles. The smallest absolute Gasteiger partial charge is 0.0982 e. The highest BCUT2D eigenvalue weighted by Crippen LogP contribution is 2.22. The first kappa shape index (κ1) is 12.5. The third-order valence-corrected chi connectivity index (χ3v) is 2.86. The van der Waals surface area contributed by atoms with Crippen LogP contribution in [-0.2, 0) is 11.8 Å². The topological polar surface area (TPSA) is 50.5 Å². The van der Waals surface area contributed by atoms with Crippen molar-refractivity contribution in [3.8, 4) is 0 Å². The van der Waals surface area contributed by atoms with Gasteiger partial charge in [0, 0.05) is 38.4 Å². The normalized spacial score (nSPS) is 22.9. The van der Waals surface area contributed by atoms with Crippen LogP contribution in [0.1, 0.15) is 25.5 Å². The summed E-state index contributed by atoms with van der Waals surface area (Å²) in [6, 6.07) is 0. The van der Waals surface area contributed by atoms with E-state index in [0.29, 0.717) is 13.2 Å². The van der Waals surface area contributed by atoms with Gasteiger partial charge in [-0.25, -0.2) is 0 Å². The SMILES string of the molecule is Cn1cc(C2CN(CC(C)(C)O)CCO2)cn1. The molecule has 1 fully saturated rings. The number of rotatable bonds is 3. The second-order valence-corrected chi connectivity index (χ2v) is 5.35. The van der Waals surface area contributed by atoms with Crippen molar-refractivity contribution in [3.05, 3.63) is 18.0 Å². The minimum Gasteiger partial charge on any atom is -0.389 e. The van der Waals surface area contributed by atoms with Crippen LogP contribution in [0.4, 0.5) is 0 Å². The Kier molecular flexibility index (Phi) is 3.51. The van der Waals surface area contributed by atoms with Gasteiger partial charge in [0.25, 0.3) is 0 Å². The Bertz CT molecular complexity index is 370. The van der Waals surface area contributed by atoms with Crippen LogP contribution in [0.5, 0.6) is 0 Å². The van der Waals surface area contributed by atoms with Crippen LogP contribution < -0.4 is 0 Å². The first-order valence-corrected chi connectivity index (χ1v) is 5.99. The molecule has 2 heterocycles. The van der Waals surface area contributed by atoms with Crippen LogP contribution in [0.2, 0.25) is 0 Å². The van der Waals surface area contributed by atoms with Crippen LogP contribution in [0, 0.1) is 0 Å². The summed E-state index contributed by atoms with van der Waals surface area (Å²) in [5, 5.41) is 14.0. The van der Waals surface area contributed by atoms with Crippen LogP contribution in [0.3, 0.4) is 0 Å². The zero-order chi connectivity index (χ0) is 12.5. The maximum atomic E-state index is 9.83. The van der Waals surface area contributed by atoms with Gasteiger partial charge >= 0.3 is 0 Å². The first-order chi connectivity index (χ1) is 7.94. The molecule has 2 rings (SSSR count). The number of β-amino-alcohol motifs (C(OH)–C–C–N with tert-alkyl or cyclic N) is 1. The second kappa shape index (κ2) is 4.76. The van der Waals surface area contributed by atoms with Crippen molar-refractivity contribution in [2.45, 2.75) is 25.6 Å². The Morgan fingerprint density at radius 3 is 2.94 bits per heavy atom. The van der Waals surface area contributed by atoms with Gasteiger partial charge in [0.1, 0.15) is 0 Å². The monoisotopic (exact) mass is 239 g/mol. The van der Waals surface area contributed by atoms with Crippen molar-refractivity contribution >= 4 is 0 Å². The molecule has 0 aliphatic carbocycles. The summed E-state index contributed by atoms with van der Waals surface area (Å²) in [5.41, 5.74) is 0.449. The maximum Gasteiger partial charge on any atom is 0.0982 e. The predicted molar refractivity (Wildman–Crippen MR) is 64.6 cm³/mol. The minimum atomic E-state index is -0.656. The first-order valence-electron chi connectivity index (χ1n) is 5.99. The Morgan fingerprint density at radius 1 is 1.59 bits per heavy atom. The van der Waals surface area contributed by atoms with Gasteiger partial charge < -0.3 is 9.84 Å². The highest BCUT2D eigenvalue weighted by atomic mass is 16.5. The summed E-state index contributed by atoms with van der Waals surface area (Å²) in [6.07, 6.45) is 3.90. The quantitative estimate of drug-likeness (QED) is 0.837. The third-order valence-electron chi connectivity index (χ3n) is 2.86. The fourth-order valence-corrected chi connectivity index (χ4v) is 2.20. The van der Waals surface area contributed by atoms with Gasteiger partial charge in [0.05, 0.1) is 24.5 Å². The summed E-state index contributed by atoms with van der Waals surface area (Å²) >= 11 is 0. The predicted octanol–water partition coefficient (Wildman–Crippen LogP) is 0.564. The molecular formula is C12H21N3O2. The fraction of sp³-hybridized carbons (Fsp3) is 0.750. The number of aryl methyl sites for hydroxylation is 1. The second-order valence-electron chi connectivity index (χ2n) is 5.35. The average molecular weight is 239 g/mol. The zero-order valence-corrected chi connectivity index (χ0v) is 10.8. The van der Waals surface area contributed by atoms with E-state index in [-0.39, 0.29) is 6.10 Å². The lowest BCUT2D eigenvalue weighted by molar-refractivity contribution is -0.0563. The lowest BCUT2D eigenvalue weighted by atomic mass is 10.1. The molecule has 1 aliphatic rings. The number of aliphatic hydroxyl groups is 1. The number of hydrogen-bond acceptors (Lipinski definition) is 4. The molecule has 1 unspecified atom stereocenters. The van der Waals surface area contributed by atoms with E-state index in [4.69, 9.17) is 4.74 Å². The third kappa shape index (κ3) is 3.52. The summed E-state index contributed by atoms with van der Waals surface area (Å²) < 4.78 is 7.53. The van der Waals surface area contributed by atoms with Crippen LogP contribution in [0.15, 0.2) is 12.4 Å². The van der Waals surface area contributed by atoms with Gasteiger partial charge in [0.15, 0.2) is 0 Å². The van der Waals surface area contributed by atoms with E-state index in [1.807, 2.05) is 33.3 Å². The molecule has 5 heteroatoms. The Morgan fingerprint density at radius 2 is 2.35 bits per heavy atom. The number of ether oxygens (including phenoxy) is 1. The average Bonchev–Trinajstić information content (AvgIpc) is 2.63. The number of aromatic nitrogens is 2. The zero-order valence-electron chi connectivity index (χ0n) is 10.8. The van der Waals surface area contributed by atoms with Gasteiger partial charge in [0.2, 0.25) is 0 Å². The molecule has 0 saturated carbocycles. The molecule has 5 nitrogen and oxygen atoms in total. The van der Waals surface area contributed by atoms with E-state index in [2.05, 4.69) is 10.00 Å². The lowest BCUT2D eigenvalue weighted by Gasteiger charge is -2.35. The van der Waals surface area contributed by atoms with Gasteiger partial charge in [-0.2, -0.15) is 5.10 Å². The van der Waals surface area contributed by atoms with Gasteiger partial charge in [-0.1, -0.05) is 0 Å². The molecule has 1 atom stereocenters. The van der Waals surface area contributed by atoms with E-state index in [1.165, 1.54) is 0 Å². The molecule has 0 amide bonds. The number of nitrogens with zero attached hydrogens (tertiary/aromatic N) is 3. The van der Waals surface area contributed by atoms with E-state index in [1.54, 1.807) is 4.68 Å². The minimum absolute atomic E-state index is 0.0693. The Labute approximate surface area is 102 Å². The molecule has 0 aromatic carbocycles. The molecule has 0 bridgehead atoms. The Balaban J connectivity index is 1.97. The molecule has 1 aliphatic heterocycles. The molecule has 96 valence electrons. The molecule has 0 radical (unpaired) electrons. The van der Waals surface area contributed by atoms with Crippen molar-refractivity contribution in [1.82, 2.24) is 14.7 Å². The van der Waals surface area contributed by atoms with Crippen molar-refractivity contribution in [3.63, 3.8) is 0 Å². The van der Waals surface area contributed by atoms with Gasteiger partial charge in [-0.15, -0.1) is 0 Å². The van der Waals surface area contributed by atoms with Gasteiger partial charge in [-0.05, 0) is 13.8 Å². The van der Waals surface area contributed by atoms with E-state index >= 15 is 0 Å². The molecule has 1 saturated heterocycles. The van der Waals surface area contributed by atoms with Crippen molar-refractivity contribution in [2.75, 3.05) is 26.2 Å². The molecule has 1 aromatic rings. The molecule has 0 spiro atoms. The van der Waals surface area contributed by atoms with Crippen molar-refractivity contribution in [2.24, 2.45) is 7.05 Å². The highest BCUT2D eigenvalue weighted by Gasteiger charge is 2.26.